The van der Waals surface area contributed by atoms with Crippen LogP contribution in [0.4, 0.5) is 0 Å². The maximum Gasteiger partial charge on any atom is 0.338 e. The zero-order valence-electron chi connectivity index (χ0n) is 23.2. The van der Waals surface area contributed by atoms with Crippen LogP contribution < -0.4 is 0 Å². The number of rotatable bonds is 12. The number of carbonyl (C=O) groups is 4. The van der Waals surface area contributed by atoms with Gasteiger partial charge < -0.3 is 9.47 Å². The molecule has 4 aromatic carbocycles. The van der Waals surface area contributed by atoms with Gasteiger partial charge in [-0.3, -0.25) is 9.59 Å². The quantitative estimate of drug-likeness (QED) is 0.107. The van der Waals surface area contributed by atoms with Crippen LogP contribution in [0.2, 0.25) is 0 Å². The Balaban J connectivity index is 1.19. The smallest absolute Gasteiger partial charge is 0.338 e. The zero-order valence-corrected chi connectivity index (χ0v) is 23.2. The van der Waals surface area contributed by atoms with Gasteiger partial charge in [-0.2, -0.15) is 0 Å². The first-order valence-electron chi connectivity index (χ1n) is 13.5. The highest BCUT2D eigenvalue weighted by atomic mass is 16.6. The highest BCUT2D eigenvalue weighted by Gasteiger charge is 2.24. The molecule has 4 aromatic rings. The fourth-order valence-corrected chi connectivity index (χ4v) is 4.29. The highest BCUT2D eigenvalue weighted by molar-refractivity contribution is 6.10. The molecule has 0 saturated carbocycles. The summed E-state index contributed by atoms with van der Waals surface area (Å²) in [5.41, 5.74) is 2.20. The number of benzene rings is 4. The van der Waals surface area contributed by atoms with E-state index in [0.29, 0.717) is 52.6 Å². The molecule has 0 spiro atoms. The molecule has 0 heterocycles. The molecule has 0 fully saturated rings. The van der Waals surface area contributed by atoms with E-state index in [-0.39, 0.29) is 18.2 Å². The fraction of sp³-hybridized carbons (Fsp3) is 0.200. The summed E-state index contributed by atoms with van der Waals surface area (Å²) in [6.45, 7) is 3.90. The van der Waals surface area contributed by atoms with Crippen molar-refractivity contribution in [1.82, 2.24) is 0 Å². The van der Waals surface area contributed by atoms with Gasteiger partial charge in [0.05, 0.1) is 17.7 Å². The van der Waals surface area contributed by atoms with Crippen LogP contribution in [0.1, 0.15) is 85.7 Å². The molecule has 0 bridgehead atoms. The van der Waals surface area contributed by atoms with Crippen molar-refractivity contribution < 1.29 is 28.7 Å². The third-order valence-electron chi connectivity index (χ3n) is 6.61. The second-order valence-electron chi connectivity index (χ2n) is 10.3. The predicted molar refractivity (Wildman–Crippen MR) is 156 cm³/mol. The number of esters is 2. The molecule has 208 valence electrons. The third-order valence-corrected chi connectivity index (χ3v) is 6.61. The van der Waals surface area contributed by atoms with Crippen molar-refractivity contribution in [2.45, 2.75) is 38.7 Å². The molecule has 0 unspecified atom stereocenters. The summed E-state index contributed by atoms with van der Waals surface area (Å²) in [4.78, 5) is 50.2. The van der Waals surface area contributed by atoms with E-state index in [4.69, 9.17) is 9.47 Å². The topological polar surface area (TPSA) is 86.7 Å². The molecule has 0 aromatic heterocycles. The maximum atomic E-state index is 12.7. The molecule has 4 rings (SSSR count). The van der Waals surface area contributed by atoms with Crippen LogP contribution in [-0.4, -0.2) is 35.7 Å². The molecule has 41 heavy (non-hydrogen) atoms. The van der Waals surface area contributed by atoms with Crippen LogP contribution in [-0.2, 0) is 9.47 Å². The lowest BCUT2D eigenvalue weighted by molar-refractivity contribution is -0.00600. The lowest BCUT2D eigenvalue weighted by atomic mass is 10.0. The summed E-state index contributed by atoms with van der Waals surface area (Å²) in [6, 6.07) is 30.8. The minimum absolute atomic E-state index is 0.107. The molecule has 0 radical (unpaired) electrons. The number of hydrogen-bond acceptors (Lipinski definition) is 6. The van der Waals surface area contributed by atoms with Gasteiger partial charge in [-0.15, -0.1) is 0 Å². The standard InChI is InChI=1S/C35H32O6/c1-35(2,41-34(39)30-21-17-28(18-22-30)32(37)26-13-7-4-8-14-26)23-9-10-24-40-33(38)29-19-15-27(16-20-29)31(36)25-11-5-3-6-12-25/h3-8,11-22H,9-10,23-24H2,1-2H3. The minimum atomic E-state index is -0.721. The first-order valence-corrected chi connectivity index (χ1v) is 13.5. The van der Waals surface area contributed by atoms with Gasteiger partial charge in [-0.25, -0.2) is 9.59 Å². The van der Waals surface area contributed by atoms with E-state index in [0.717, 1.165) is 0 Å². The number of ether oxygens (including phenoxy) is 2. The number of unbranched alkanes of at least 4 members (excludes halogenated alkanes) is 1. The molecule has 6 nitrogen and oxygen atoms in total. The average molecular weight is 549 g/mol. The monoisotopic (exact) mass is 548 g/mol. The van der Waals surface area contributed by atoms with Crippen molar-refractivity contribution in [1.29, 1.82) is 0 Å². The van der Waals surface area contributed by atoms with Crippen LogP contribution in [0.5, 0.6) is 0 Å². The lowest BCUT2D eigenvalue weighted by Gasteiger charge is -2.25. The fourth-order valence-electron chi connectivity index (χ4n) is 4.29. The van der Waals surface area contributed by atoms with Crippen LogP contribution in [0, 0.1) is 0 Å². The molecule has 6 heteroatoms. The summed E-state index contributed by atoms with van der Waals surface area (Å²) in [5, 5.41) is 0. The Hall–Kier alpha value is -4.84. The average Bonchev–Trinajstić information content (AvgIpc) is 3.00. The van der Waals surface area contributed by atoms with Crippen LogP contribution in [0.25, 0.3) is 0 Å². The van der Waals surface area contributed by atoms with E-state index in [2.05, 4.69) is 0 Å². The zero-order chi connectivity index (χ0) is 29.2. The lowest BCUT2D eigenvalue weighted by Crippen LogP contribution is -2.28. The highest BCUT2D eigenvalue weighted by Crippen LogP contribution is 2.21. The van der Waals surface area contributed by atoms with Gasteiger partial charge in [0, 0.05) is 22.3 Å². The molecule has 0 N–H and O–H groups in total. The molecular weight excluding hydrogens is 516 g/mol. The van der Waals surface area contributed by atoms with Gasteiger partial charge in [-0.1, -0.05) is 84.9 Å². The van der Waals surface area contributed by atoms with E-state index in [1.807, 2.05) is 26.0 Å². The second kappa shape index (κ2) is 13.5. The summed E-state index contributed by atoms with van der Waals surface area (Å²) in [7, 11) is 0. The van der Waals surface area contributed by atoms with Crippen LogP contribution in [0.3, 0.4) is 0 Å². The van der Waals surface area contributed by atoms with Gasteiger partial charge in [-0.05, 0) is 57.4 Å². The van der Waals surface area contributed by atoms with E-state index in [1.165, 1.54) is 0 Å². The Morgan fingerprint density at radius 3 is 1.37 bits per heavy atom. The van der Waals surface area contributed by atoms with Crippen molar-refractivity contribution in [2.75, 3.05) is 6.61 Å². The SMILES string of the molecule is CC(C)(CCCCOC(=O)c1ccc(C(=O)c2ccccc2)cc1)OC(=O)c1ccc(C(=O)c2ccccc2)cc1. The Bertz CT molecular complexity index is 1490. The minimum Gasteiger partial charge on any atom is -0.462 e. The summed E-state index contributed by atoms with van der Waals surface area (Å²) in [6.07, 6.45) is 1.87. The van der Waals surface area contributed by atoms with Crippen LogP contribution >= 0.6 is 0 Å². The Labute approximate surface area is 239 Å². The van der Waals surface area contributed by atoms with Gasteiger partial charge in [0.1, 0.15) is 5.60 Å². The molecule has 0 aliphatic carbocycles. The molecule has 0 amide bonds. The summed E-state index contributed by atoms with van der Waals surface area (Å²) < 4.78 is 11.1. The normalized spacial score (nSPS) is 11.0. The van der Waals surface area contributed by atoms with Crippen molar-refractivity contribution >= 4 is 23.5 Å². The Kier molecular flexibility index (Phi) is 9.59. The first kappa shape index (κ1) is 29.2. The van der Waals surface area contributed by atoms with E-state index < -0.39 is 17.5 Å². The predicted octanol–water partition coefficient (Wildman–Crippen LogP) is 7.11. The molecule has 0 aliphatic rings. The second-order valence-corrected chi connectivity index (χ2v) is 10.3. The van der Waals surface area contributed by atoms with Gasteiger partial charge >= 0.3 is 11.9 Å². The van der Waals surface area contributed by atoms with Crippen LogP contribution in [0.15, 0.2) is 109 Å². The van der Waals surface area contributed by atoms with Gasteiger partial charge in [0.25, 0.3) is 0 Å². The van der Waals surface area contributed by atoms with Crippen molar-refractivity contribution in [3.63, 3.8) is 0 Å². The maximum absolute atomic E-state index is 12.7. The third kappa shape index (κ3) is 8.08. The largest absolute Gasteiger partial charge is 0.462 e. The molecular formula is C35H32O6. The Morgan fingerprint density at radius 1 is 0.512 bits per heavy atom. The molecule has 0 atom stereocenters. The number of hydrogen-bond donors (Lipinski definition) is 0. The van der Waals surface area contributed by atoms with Gasteiger partial charge in [0.2, 0.25) is 0 Å². The van der Waals surface area contributed by atoms with Gasteiger partial charge in [0.15, 0.2) is 11.6 Å². The van der Waals surface area contributed by atoms with E-state index in [1.54, 1.807) is 97.1 Å². The van der Waals surface area contributed by atoms with Crippen molar-refractivity contribution in [2.24, 2.45) is 0 Å². The Morgan fingerprint density at radius 2 is 0.902 bits per heavy atom. The molecule has 0 saturated heterocycles. The number of carbonyl (C=O) groups excluding carboxylic acids is 4. The molecule has 0 aliphatic heterocycles. The number of ketones is 2. The summed E-state index contributed by atoms with van der Waals surface area (Å²) >= 11 is 0. The van der Waals surface area contributed by atoms with E-state index in [9.17, 15) is 19.2 Å². The first-order chi connectivity index (χ1) is 19.7. The van der Waals surface area contributed by atoms with Crippen molar-refractivity contribution in [3.05, 3.63) is 143 Å². The van der Waals surface area contributed by atoms with E-state index >= 15 is 0 Å². The summed E-state index contributed by atoms with van der Waals surface area (Å²) in [5.74, 6) is -1.14. The van der Waals surface area contributed by atoms with Crippen molar-refractivity contribution in [3.8, 4) is 0 Å².